The molecule has 0 spiro atoms. The molecule has 6 heteroatoms. The van der Waals surface area contributed by atoms with Crippen molar-refractivity contribution < 1.29 is 4.79 Å². The predicted octanol–water partition coefficient (Wildman–Crippen LogP) is 2.17. The van der Waals surface area contributed by atoms with Gasteiger partial charge in [-0.1, -0.05) is 12.1 Å². The molecule has 2 aromatic heterocycles. The van der Waals surface area contributed by atoms with E-state index in [1.807, 2.05) is 55.1 Å². The Morgan fingerprint density at radius 2 is 2.04 bits per heavy atom. The fourth-order valence-corrected chi connectivity index (χ4v) is 2.44. The first-order chi connectivity index (χ1) is 11.1. The number of aromatic nitrogens is 4. The number of amides is 1. The number of nitrogens with one attached hydrogen (secondary N) is 2. The number of carbonyl (C=O) groups is 1. The normalized spacial score (nSPS) is 12.1. The molecule has 2 heterocycles. The average Bonchev–Trinajstić information content (AvgIpc) is 3.20. The lowest BCUT2D eigenvalue weighted by Crippen LogP contribution is -2.34. The lowest BCUT2D eigenvalue weighted by Gasteiger charge is -2.14. The number of rotatable bonds is 5. The summed E-state index contributed by atoms with van der Waals surface area (Å²) in [6.45, 7) is 1.98. The van der Waals surface area contributed by atoms with Crippen LogP contribution in [0.3, 0.4) is 0 Å². The monoisotopic (exact) mass is 309 g/mol. The Labute approximate surface area is 134 Å². The Bertz CT molecular complexity index is 774. The first kappa shape index (κ1) is 15.0. The summed E-state index contributed by atoms with van der Waals surface area (Å²) in [5.74, 6) is 0.871. The molecular weight excluding hydrogens is 290 g/mol. The number of aromatic amines is 1. The number of hydrogen-bond donors (Lipinski definition) is 2. The smallest absolute Gasteiger partial charge is 0.251 e. The molecule has 0 saturated heterocycles. The summed E-state index contributed by atoms with van der Waals surface area (Å²) in [5.41, 5.74) is 2.57. The Hall–Kier alpha value is -2.89. The maximum atomic E-state index is 12.3. The van der Waals surface area contributed by atoms with Gasteiger partial charge < -0.3 is 9.88 Å². The number of nitrogens with zero attached hydrogens (tertiary/aromatic N) is 3. The van der Waals surface area contributed by atoms with Crippen molar-refractivity contribution in [1.82, 2.24) is 25.1 Å². The number of carbonyl (C=O) groups excluding carboxylic acids is 1. The summed E-state index contributed by atoms with van der Waals surface area (Å²) >= 11 is 0. The second kappa shape index (κ2) is 6.48. The quantitative estimate of drug-likeness (QED) is 0.758. The predicted molar refractivity (Wildman–Crippen MR) is 87.9 cm³/mol. The van der Waals surface area contributed by atoms with E-state index < -0.39 is 0 Å². The molecule has 3 aromatic rings. The third-order valence-electron chi connectivity index (χ3n) is 3.75. The Morgan fingerprint density at radius 3 is 2.65 bits per heavy atom. The maximum absolute atomic E-state index is 12.3. The molecule has 1 unspecified atom stereocenters. The standard InChI is InChI=1S/C17H19N5O/c1-12(11-16-18-9-10-22(16)2)20-17(23)14-5-3-13(4-6-14)15-7-8-19-21-15/h3-10,12H,11H2,1-2H3,(H,19,21)(H,20,23). The number of aryl methyl sites for hydroxylation is 1. The van der Waals surface area contributed by atoms with Crippen molar-refractivity contribution in [2.75, 3.05) is 0 Å². The maximum Gasteiger partial charge on any atom is 0.251 e. The largest absolute Gasteiger partial charge is 0.349 e. The van der Waals surface area contributed by atoms with E-state index in [4.69, 9.17) is 0 Å². The van der Waals surface area contributed by atoms with Crippen LogP contribution in [0.5, 0.6) is 0 Å². The van der Waals surface area contributed by atoms with Gasteiger partial charge in [-0.25, -0.2) is 4.98 Å². The van der Waals surface area contributed by atoms with Crippen LogP contribution in [0.2, 0.25) is 0 Å². The van der Waals surface area contributed by atoms with Gasteiger partial charge in [0.2, 0.25) is 0 Å². The number of H-pyrrole nitrogens is 1. The number of benzene rings is 1. The molecule has 1 atom stereocenters. The molecular formula is C17H19N5O. The van der Waals surface area contributed by atoms with Gasteiger partial charge in [-0.3, -0.25) is 9.89 Å². The molecule has 0 bridgehead atoms. The van der Waals surface area contributed by atoms with Gasteiger partial charge in [-0.15, -0.1) is 0 Å². The first-order valence-corrected chi connectivity index (χ1v) is 7.50. The van der Waals surface area contributed by atoms with Crippen LogP contribution in [-0.4, -0.2) is 31.7 Å². The average molecular weight is 309 g/mol. The Balaban J connectivity index is 1.63. The van der Waals surface area contributed by atoms with E-state index in [1.54, 1.807) is 12.4 Å². The van der Waals surface area contributed by atoms with Gasteiger partial charge in [0.05, 0.1) is 5.69 Å². The highest BCUT2D eigenvalue weighted by Gasteiger charge is 2.12. The van der Waals surface area contributed by atoms with Crippen LogP contribution >= 0.6 is 0 Å². The lowest BCUT2D eigenvalue weighted by molar-refractivity contribution is 0.0939. The summed E-state index contributed by atoms with van der Waals surface area (Å²) < 4.78 is 1.96. The van der Waals surface area contributed by atoms with E-state index in [-0.39, 0.29) is 11.9 Å². The van der Waals surface area contributed by atoms with Gasteiger partial charge in [-0.05, 0) is 30.7 Å². The van der Waals surface area contributed by atoms with Crippen molar-refractivity contribution in [3.8, 4) is 11.3 Å². The van der Waals surface area contributed by atoms with Crippen LogP contribution in [0, 0.1) is 0 Å². The van der Waals surface area contributed by atoms with E-state index in [2.05, 4.69) is 20.5 Å². The van der Waals surface area contributed by atoms with Crippen molar-refractivity contribution in [2.45, 2.75) is 19.4 Å². The summed E-state index contributed by atoms with van der Waals surface area (Å²) in [5, 5.41) is 9.83. The van der Waals surface area contributed by atoms with Crippen LogP contribution in [0.4, 0.5) is 0 Å². The highest BCUT2D eigenvalue weighted by molar-refractivity contribution is 5.94. The highest BCUT2D eigenvalue weighted by Crippen LogP contribution is 2.16. The van der Waals surface area contributed by atoms with Gasteiger partial charge in [0.1, 0.15) is 5.82 Å². The van der Waals surface area contributed by atoms with E-state index in [0.717, 1.165) is 17.1 Å². The summed E-state index contributed by atoms with van der Waals surface area (Å²) in [6, 6.07) is 9.36. The zero-order valence-electron chi connectivity index (χ0n) is 13.2. The van der Waals surface area contributed by atoms with Crippen LogP contribution in [0.25, 0.3) is 11.3 Å². The van der Waals surface area contributed by atoms with E-state index in [1.165, 1.54) is 0 Å². The molecule has 23 heavy (non-hydrogen) atoms. The molecule has 0 aliphatic heterocycles. The van der Waals surface area contributed by atoms with Crippen LogP contribution in [0.1, 0.15) is 23.1 Å². The van der Waals surface area contributed by atoms with E-state index in [9.17, 15) is 4.79 Å². The van der Waals surface area contributed by atoms with Crippen LogP contribution in [0.15, 0.2) is 48.9 Å². The Kier molecular flexibility index (Phi) is 4.23. The van der Waals surface area contributed by atoms with Gasteiger partial charge >= 0.3 is 0 Å². The lowest BCUT2D eigenvalue weighted by atomic mass is 10.1. The van der Waals surface area contributed by atoms with Gasteiger partial charge in [-0.2, -0.15) is 5.10 Å². The van der Waals surface area contributed by atoms with Crippen molar-refractivity contribution in [3.05, 3.63) is 60.3 Å². The molecule has 0 fully saturated rings. The fraction of sp³-hybridized carbons (Fsp3) is 0.235. The Morgan fingerprint density at radius 1 is 1.26 bits per heavy atom. The van der Waals surface area contributed by atoms with Crippen LogP contribution < -0.4 is 5.32 Å². The minimum absolute atomic E-state index is 0.0101. The molecule has 1 amide bonds. The molecule has 0 radical (unpaired) electrons. The molecule has 0 aliphatic rings. The second-order valence-corrected chi connectivity index (χ2v) is 5.58. The zero-order chi connectivity index (χ0) is 16.2. The molecule has 6 nitrogen and oxygen atoms in total. The van der Waals surface area contributed by atoms with Gasteiger partial charge in [0, 0.05) is 43.7 Å². The van der Waals surface area contributed by atoms with Crippen molar-refractivity contribution >= 4 is 5.91 Å². The minimum atomic E-state index is -0.0807. The molecule has 118 valence electrons. The SMILES string of the molecule is CC(Cc1nccn1C)NC(=O)c1ccc(-c2ccn[nH]2)cc1. The van der Waals surface area contributed by atoms with Crippen molar-refractivity contribution in [2.24, 2.45) is 7.05 Å². The third-order valence-corrected chi connectivity index (χ3v) is 3.75. The zero-order valence-corrected chi connectivity index (χ0v) is 13.2. The molecule has 2 N–H and O–H groups in total. The third kappa shape index (κ3) is 3.48. The molecule has 0 saturated carbocycles. The van der Waals surface area contributed by atoms with E-state index in [0.29, 0.717) is 12.0 Å². The van der Waals surface area contributed by atoms with Gasteiger partial charge in [0.25, 0.3) is 5.91 Å². The second-order valence-electron chi connectivity index (χ2n) is 5.58. The van der Waals surface area contributed by atoms with Crippen molar-refractivity contribution in [1.29, 1.82) is 0 Å². The van der Waals surface area contributed by atoms with Gasteiger partial charge in [0.15, 0.2) is 0 Å². The fourth-order valence-electron chi connectivity index (χ4n) is 2.44. The summed E-state index contributed by atoms with van der Waals surface area (Å²) in [6.07, 6.45) is 6.06. The highest BCUT2D eigenvalue weighted by atomic mass is 16.1. The van der Waals surface area contributed by atoms with Crippen molar-refractivity contribution in [3.63, 3.8) is 0 Å². The number of imidazole rings is 1. The van der Waals surface area contributed by atoms with E-state index >= 15 is 0 Å². The summed E-state index contributed by atoms with van der Waals surface area (Å²) in [4.78, 5) is 16.6. The summed E-state index contributed by atoms with van der Waals surface area (Å²) in [7, 11) is 1.95. The first-order valence-electron chi connectivity index (χ1n) is 7.50. The minimum Gasteiger partial charge on any atom is -0.349 e. The molecule has 1 aromatic carbocycles. The molecule has 3 rings (SSSR count). The topological polar surface area (TPSA) is 75.6 Å². The van der Waals surface area contributed by atoms with Crippen LogP contribution in [-0.2, 0) is 13.5 Å². The molecule has 0 aliphatic carbocycles. The number of hydrogen-bond acceptors (Lipinski definition) is 3.